The van der Waals surface area contributed by atoms with Crippen LogP contribution in [0.15, 0.2) is 0 Å². The molecule has 0 aromatic rings. The summed E-state index contributed by atoms with van der Waals surface area (Å²) in [6.07, 6.45) is 37.1. The first-order valence-corrected chi connectivity index (χ1v) is 17.8. The number of hydrogen-bond acceptors (Lipinski definition) is 1. The fourth-order valence-corrected chi connectivity index (χ4v) is 6.75. The maximum atomic E-state index is 12.8. The fourth-order valence-electron chi connectivity index (χ4n) is 6.75. The summed E-state index contributed by atoms with van der Waals surface area (Å²) in [6.45, 7) is 9.00. The SMILES string of the molecule is CCCCCCCCCCCCCCCC(CCC)C(CCC)(CCCCCCCCCCCC)C(=O)O. The normalized spacial score (nSPS) is 14.0. The second kappa shape index (κ2) is 28.0. The monoisotopic (exact) mass is 537 g/mol. The van der Waals surface area contributed by atoms with Crippen LogP contribution in [-0.2, 0) is 4.79 Å². The zero-order valence-electron chi connectivity index (χ0n) is 26.9. The molecule has 0 heterocycles. The van der Waals surface area contributed by atoms with E-state index in [1.165, 1.54) is 141 Å². The van der Waals surface area contributed by atoms with Crippen LogP contribution in [0, 0.1) is 11.3 Å². The predicted octanol–water partition coefficient (Wildman–Crippen LogP) is 13.1. The van der Waals surface area contributed by atoms with Gasteiger partial charge in [-0.25, -0.2) is 0 Å². The van der Waals surface area contributed by atoms with Crippen molar-refractivity contribution in [2.75, 3.05) is 0 Å². The van der Waals surface area contributed by atoms with Crippen LogP contribution in [0.25, 0.3) is 0 Å². The molecule has 0 saturated carbocycles. The van der Waals surface area contributed by atoms with Gasteiger partial charge in [-0.1, -0.05) is 188 Å². The molecule has 0 aromatic carbocycles. The first-order chi connectivity index (χ1) is 18.6. The number of carbonyl (C=O) groups is 1. The van der Waals surface area contributed by atoms with Gasteiger partial charge in [-0.15, -0.1) is 0 Å². The minimum atomic E-state index is -0.497. The molecule has 0 aliphatic rings. The number of rotatable bonds is 31. The molecule has 0 rings (SSSR count). The van der Waals surface area contributed by atoms with E-state index in [1.54, 1.807) is 0 Å². The number of unbranched alkanes of at least 4 members (excludes halogenated alkanes) is 21. The van der Waals surface area contributed by atoms with E-state index in [0.29, 0.717) is 5.92 Å². The third kappa shape index (κ3) is 19.5. The Morgan fingerprint density at radius 1 is 0.447 bits per heavy atom. The smallest absolute Gasteiger partial charge is 0.309 e. The maximum absolute atomic E-state index is 12.8. The average Bonchev–Trinajstić information content (AvgIpc) is 2.91. The molecule has 2 nitrogen and oxygen atoms in total. The van der Waals surface area contributed by atoms with Gasteiger partial charge in [0.1, 0.15) is 0 Å². The summed E-state index contributed by atoms with van der Waals surface area (Å²) in [7, 11) is 0. The molecular formula is C36H72O2. The van der Waals surface area contributed by atoms with Crippen LogP contribution in [0.4, 0.5) is 0 Å². The molecular weight excluding hydrogens is 464 g/mol. The van der Waals surface area contributed by atoms with Crippen molar-refractivity contribution in [1.82, 2.24) is 0 Å². The second-order valence-corrected chi connectivity index (χ2v) is 12.7. The van der Waals surface area contributed by atoms with Crippen LogP contribution in [-0.4, -0.2) is 11.1 Å². The van der Waals surface area contributed by atoms with Crippen molar-refractivity contribution in [3.63, 3.8) is 0 Å². The Hall–Kier alpha value is -0.530. The van der Waals surface area contributed by atoms with Gasteiger partial charge in [0.15, 0.2) is 0 Å². The third-order valence-corrected chi connectivity index (χ3v) is 9.17. The van der Waals surface area contributed by atoms with Gasteiger partial charge in [0.05, 0.1) is 5.41 Å². The van der Waals surface area contributed by atoms with Crippen LogP contribution < -0.4 is 0 Å². The molecule has 1 N–H and O–H groups in total. The van der Waals surface area contributed by atoms with Gasteiger partial charge in [-0.3, -0.25) is 4.79 Å². The first-order valence-electron chi connectivity index (χ1n) is 17.8. The Labute approximate surface area is 240 Å². The van der Waals surface area contributed by atoms with Crippen molar-refractivity contribution in [2.45, 2.75) is 214 Å². The summed E-state index contributed by atoms with van der Waals surface area (Å²) < 4.78 is 0. The molecule has 0 bridgehead atoms. The van der Waals surface area contributed by atoms with Gasteiger partial charge in [-0.2, -0.15) is 0 Å². The van der Waals surface area contributed by atoms with Crippen molar-refractivity contribution in [3.8, 4) is 0 Å². The van der Waals surface area contributed by atoms with Crippen LogP contribution in [0.5, 0.6) is 0 Å². The second-order valence-electron chi connectivity index (χ2n) is 12.7. The Morgan fingerprint density at radius 2 is 0.816 bits per heavy atom. The molecule has 0 saturated heterocycles. The van der Waals surface area contributed by atoms with E-state index in [-0.39, 0.29) is 0 Å². The molecule has 2 unspecified atom stereocenters. The molecule has 228 valence electrons. The van der Waals surface area contributed by atoms with Gasteiger partial charge >= 0.3 is 5.97 Å². The van der Waals surface area contributed by atoms with Crippen LogP contribution >= 0.6 is 0 Å². The Bertz CT molecular complexity index is 488. The first kappa shape index (κ1) is 37.5. The van der Waals surface area contributed by atoms with E-state index in [4.69, 9.17) is 0 Å². The van der Waals surface area contributed by atoms with E-state index in [2.05, 4.69) is 27.7 Å². The molecule has 2 heteroatoms. The minimum absolute atomic E-state index is 0.358. The van der Waals surface area contributed by atoms with E-state index in [0.717, 1.165) is 44.9 Å². The van der Waals surface area contributed by atoms with E-state index < -0.39 is 11.4 Å². The van der Waals surface area contributed by atoms with Crippen LogP contribution in [0.3, 0.4) is 0 Å². The lowest BCUT2D eigenvalue weighted by Gasteiger charge is -2.38. The molecule has 0 aliphatic carbocycles. The number of carboxylic acid groups (broad SMARTS) is 1. The lowest BCUT2D eigenvalue weighted by Crippen LogP contribution is -2.39. The third-order valence-electron chi connectivity index (χ3n) is 9.17. The van der Waals surface area contributed by atoms with Crippen molar-refractivity contribution in [3.05, 3.63) is 0 Å². The van der Waals surface area contributed by atoms with E-state index >= 15 is 0 Å². The van der Waals surface area contributed by atoms with Gasteiger partial charge < -0.3 is 5.11 Å². The molecule has 0 fully saturated rings. The summed E-state index contributed by atoms with van der Waals surface area (Å²) in [5, 5.41) is 10.5. The van der Waals surface area contributed by atoms with Crippen molar-refractivity contribution in [2.24, 2.45) is 11.3 Å². The summed E-state index contributed by atoms with van der Waals surface area (Å²) in [5.74, 6) is -0.139. The van der Waals surface area contributed by atoms with E-state index in [1.807, 2.05) is 0 Å². The van der Waals surface area contributed by atoms with Crippen molar-refractivity contribution in [1.29, 1.82) is 0 Å². The molecule has 0 amide bonds. The zero-order valence-corrected chi connectivity index (χ0v) is 26.9. The summed E-state index contributed by atoms with van der Waals surface area (Å²) in [4.78, 5) is 12.8. The van der Waals surface area contributed by atoms with Crippen LogP contribution in [0.2, 0.25) is 0 Å². The van der Waals surface area contributed by atoms with Crippen molar-refractivity contribution >= 4 is 5.97 Å². The van der Waals surface area contributed by atoms with Crippen molar-refractivity contribution < 1.29 is 9.90 Å². The summed E-state index contributed by atoms with van der Waals surface area (Å²) in [6, 6.07) is 0. The van der Waals surface area contributed by atoms with Gasteiger partial charge in [-0.05, 0) is 31.6 Å². The fraction of sp³-hybridized carbons (Fsp3) is 0.972. The number of aliphatic carboxylic acids is 1. The Balaban J connectivity index is 4.32. The van der Waals surface area contributed by atoms with Gasteiger partial charge in [0.2, 0.25) is 0 Å². The standard InChI is InChI=1S/C36H72O2/c1-5-9-11-13-15-17-19-20-21-22-24-26-28-31-34(30-7-3)36(32-8-4,35(37)38)33-29-27-25-23-18-16-14-12-10-6-2/h34H,5-33H2,1-4H3,(H,37,38). The largest absolute Gasteiger partial charge is 0.481 e. The van der Waals surface area contributed by atoms with E-state index in [9.17, 15) is 9.90 Å². The highest BCUT2D eigenvalue weighted by Gasteiger charge is 2.43. The predicted molar refractivity (Wildman–Crippen MR) is 170 cm³/mol. The highest BCUT2D eigenvalue weighted by Crippen LogP contribution is 2.44. The molecule has 2 atom stereocenters. The molecule has 0 radical (unpaired) electrons. The maximum Gasteiger partial charge on any atom is 0.309 e. The minimum Gasteiger partial charge on any atom is -0.481 e. The summed E-state index contributed by atoms with van der Waals surface area (Å²) in [5.41, 5.74) is -0.484. The average molecular weight is 537 g/mol. The number of hydrogen-bond donors (Lipinski definition) is 1. The Kier molecular flexibility index (Phi) is 27.6. The topological polar surface area (TPSA) is 37.3 Å². The molecule has 38 heavy (non-hydrogen) atoms. The quantitative estimate of drug-likeness (QED) is 0.0894. The zero-order chi connectivity index (χ0) is 28.2. The molecule has 0 spiro atoms. The highest BCUT2D eigenvalue weighted by atomic mass is 16.4. The lowest BCUT2D eigenvalue weighted by atomic mass is 9.65. The molecule has 0 aromatic heterocycles. The number of carboxylic acids is 1. The Morgan fingerprint density at radius 3 is 1.16 bits per heavy atom. The lowest BCUT2D eigenvalue weighted by molar-refractivity contribution is -0.155. The van der Waals surface area contributed by atoms with Gasteiger partial charge in [0.25, 0.3) is 0 Å². The molecule has 0 aliphatic heterocycles. The van der Waals surface area contributed by atoms with Gasteiger partial charge in [0, 0.05) is 0 Å². The van der Waals surface area contributed by atoms with Crippen LogP contribution in [0.1, 0.15) is 214 Å². The summed E-state index contributed by atoms with van der Waals surface area (Å²) >= 11 is 0. The highest BCUT2D eigenvalue weighted by molar-refractivity contribution is 5.75.